The zero-order valence-corrected chi connectivity index (χ0v) is 14.4. The van der Waals surface area contributed by atoms with Crippen molar-refractivity contribution in [2.45, 2.75) is 31.7 Å². The van der Waals surface area contributed by atoms with Crippen molar-refractivity contribution >= 4 is 27.4 Å². The first-order chi connectivity index (χ1) is 11.2. The summed E-state index contributed by atoms with van der Waals surface area (Å²) in [6, 6.07) is 12.1. The molecule has 1 saturated heterocycles. The Morgan fingerprint density at radius 2 is 1.96 bits per heavy atom. The van der Waals surface area contributed by atoms with Crippen LogP contribution in [-0.2, 0) is 16.4 Å². The summed E-state index contributed by atoms with van der Waals surface area (Å²) in [5.74, 6) is 0. The maximum absolute atomic E-state index is 13.2. The van der Waals surface area contributed by atoms with E-state index in [0.717, 1.165) is 29.7 Å². The van der Waals surface area contributed by atoms with E-state index in [0.29, 0.717) is 17.9 Å². The van der Waals surface area contributed by atoms with Crippen LogP contribution in [0.5, 0.6) is 0 Å². The quantitative estimate of drug-likeness (QED) is 0.836. The number of fused-ring (bicyclic) bond motifs is 1. The molecule has 4 rings (SSSR count). The van der Waals surface area contributed by atoms with Crippen molar-refractivity contribution in [1.29, 1.82) is 0 Å². The molecular formula is C18H19NO2S2. The highest BCUT2D eigenvalue weighted by atomic mass is 32.2. The van der Waals surface area contributed by atoms with Crippen molar-refractivity contribution in [1.82, 2.24) is 4.31 Å². The van der Waals surface area contributed by atoms with Gasteiger partial charge in [-0.3, -0.25) is 0 Å². The zero-order chi connectivity index (χ0) is 15.9. The van der Waals surface area contributed by atoms with E-state index in [1.807, 2.05) is 41.8 Å². The fourth-order valence-corrected chi connectivity index (χ4v) is 6.35. The standard InChI is InChI=1S/C18H19NO2S2/c20-23(21,16-10-9-14-5-1-2-6-15(14)13-16)19-11-3-7-17(19)18-8-4-12-22-18/h1-2,4-6,8,12-13,17H,3,7,9-11H2. The molecule has 120 valence electrons. The molecule has 0 radical (unpaired) electrons. The molecule has 2 aliphatic rings. The monoisotopic (exact) mass is 345 g/mol. The highest BCUT2D eigenvalue weighted by molar-refractivity contribution is 7.93. The fraction of sp³-hybridized carbons (Fsp3) is 0.333. The third-order valence-electron chi connectivity index (χ3n) is 4.73. The molecule has 1 aliphatic carbocycles. The summed E-state index contributed by atoms with van der Waals surface area (Å²) in [4.78, 5) is 1.72. The molecular weight excluding hydrogens is 326 g/mol. The minimum Gasteiger partial charge on any atom is -0.207 e. The van der Waals surface area contributed by atoms with Crippen LogP contribution in [0.4, 0.5) is 0 Å². The zero-order valence-electron chi connectivity index (χ0n) is 12.8. The number of sulfonamides is 1. The van der Waals surface area contributed by atoms with E-state index in [4.69, 9.17) is 0 Å². The van der Waals surface area contributed by atoms with E-state index < -0.39 is 10.0 Å². The molecule has 0 N–H and O–H groups in total. The van der Waals surface area contributed by atoms with E-state index in [1.165, 1.54) is 5.56 Å². The van der Waals surface area contributed by atoms with Crippen LogP contribution in [0.1, 0.15) is 41.3 Å². The number of rotatable bonds is 3. The Balaban J connectivity index is 1.70. The summed E-state index contributed by atoms with van der Waals surface area (Å²) >= 11 is 1.65. The topological polar surface area (TPSA) is 37.4 Å². The summed E-state index contributed by atoms with van der Waals surface area (Å²) in [7, 11) is -3.38. The Labute approximate surface area is 141 Å². The van der Waals surface area contributed by atoms with Crippen LogP contribution >= 0.6 is 11.3 Å². The molecule has 0 spiro atoms. The Morgan fingerprint density at radius 3 is 2.78 bits per heavy atom. The summed E-state index contributed by atoms with van der Waals surface area (Å²) in [6.45, 7) is 0.629. The molecule has 1 aliphatic heterocycles. The van der Waals surface area contributed by atoms with Crippen molar-refractivity contribution in [2.75, 3.05) is 6.54 Å². The summed E-state index contributed by atoms with van der Waals surface area (Å²) in [5, 5.41) is 2.02. The van der Waals surface area contributed by atoms with Crippen LogP contribution in [0.15, 0.2) is 46.7 Å². The number of allylic oxidation sites excluding steroid dienone is 1. The maximum atomic E-state index is 13.2. The van der Waals surface area contributed by atoms with Crippen molar-refractivity contribution in [3.05, 3.63) is 62.7 Å². The van der Waals surface area contributed by atoms with Gasteiger partial charge in [-0.2, -0.15) is 4.31 Å². The van der Waals surface area contributed by atoms with E-state index in [1.54, 1.807) is 15.6 Å². The molecule has 1 aromatic carbocycles. The highest BCUT2D eigenvalue weighted by Gasteiger charge is 2.38. The predicted octanol–water partition coefficient (Wildman–Crippen LogP) is 4.20. The predicted molar refractivity (Wildman–Crippen MR) is 94.7 cm³/mol. The highest BCUT2D eigenvalue weighted by Crippen LogP contribution is 2.40. The van der Waals surface area contributed by atoms with Crippen LogP contribution in [-0.4, -0.2) is 19.3 Å². The lowest BCUT2D eigenvalue weighted by Crippen LogP contribution is -2.32. The minimum atomic E-state index is -3.38. The molecule has 1 unspecified atom stereocenters. The van der Waals surface area contributed by atoms with Gasteiger partial charge in [-0.1, -0.05) is 30.3 Å². The lowest BCUT2D eigenvalue weighted by atomic mass is 9.98. The molecule has 5 heteroatoms. The second-order valence-electron chi connectivity index (χ2n) is 6.10. The minimum absolute atomic E-state index is 0.0121. The number of aryl methyl sites for hydroxylation is 1. The lowest BCUT2D eigenvalue weighted by molar-refractivity contribution is 0.404. The van der Waals surface area contributed by atoms with Gasteiger partial charge in [0.1, 0.15) is 0 Å². The van der Waals surface area contributed by atoms with E-state index >= 15 is 0 Å². The average molecular weight is 345 g/mol. The second kappa shape index (κ2) is 5.89. The molecule has 0 amide bonds. The summed E-state index contributed by atoms with van der Waals surface area (Å²) < 4.78 is 28.1. The molecule has 2 aromatic rings. The van der Waals surface area contributed by atoms with Crippen molar-refractivity contribution in [3.63, 3.8) is 0 Å². The molecule has 1 aromatic heterocycles. The molecule has 3 nitrogen and oxygen atoms in total. The van der Waals surface area contributed by atoms with Crippen molar-refractivity contribution in [3.8, 4) is 0 Å². The first-order valence-electron chi connectivity index (χ1n) is 8.00. The third kappa shape index (κ3) is 2.67. The van der Waals surface area contributed by atoms with E-state index in [-0.39, 0.29) is 6.04 Å². The van der Waals surface area contributed by atoms with Gasteiger partial charge in [-0.05, 0) is 54.3 Å². The fourth-order valence-electron chi connectivity index (χ4n) is 3.55. The van der Waals surface area contributed by atoms with E-state index in [2.05, 4.69) is 6.07 Å². The first-order valence-corrected chi connectivity index (χ1v) is 10.3. The van der Waals surface area contributed by atoms with Gasteiger partial charge in [0.2, 0.25) is 10.0 Å². The van der Waals surface area contributed by atoms with Gasteiger partial charge >= 0.3 is 0 Å². The van der Waals surface area contributed by atoms with Gasteiger partial charge < -0.3 is 0 Å². The van der Waals surface area contributed by atoms with Gasteiger partial charge in [-0.15, -0.1) is 11.3 Å². The lowest BCUT2D eigenvalue weighted by Gasteiger charge is -2.26. The third-order valence-corrected chi connectivity index (χ3v) is 7.74. The Kier molecular flexibility index (Phi) is 3.87. The van der Waals surface area contributed by atoms with Crippen molar-refractivity contribution < 1.29 is 8.42 Å². The molecule has 0 saturated carbocycles. The first kappa shape index (κ1) is 15.1. The van der Waals surface area contributed by atoms with Crippen LogP contribution in [0.25, 0.3) is 6.08 Å². The molecule has 0 bridgehead atoms. The average Bonchev–Trinajstić information content (AvgIpc) is 3.25. The van der Waals surface area contributed by atoms with E-state index in [9.17, 15) is 8.42 Å². The van der Waals surface area contributed by atoms with Gasteiger partial charge in [0, 0.05) is 11.4 Å². The molecule has 1 fully saturated rings. The Morgan fingerprint density at radius 1 is 1.09 bits per heavy atom. The number of benzene rings is 1. The van der Waals surface area contributed by atoms with Crippen LogP contribution in [0.3, 0.4) is 0 Å². The SMILES string of the molecule is O=S(=O)(C1=Cc2ccccc2CC1)N1CCCC1c1cccs1. The van der Waals surface area contributed by atoms with Gasteiger partial charge in [0.15, 0.2) is 0 Å². The van der Waals surface area contributed by atoms with Crippen LogP contribution in [0.2, 0.25) is 0 Å². The number of nitrogens with zero attached hydrogens (tertiary/aromatic N) is 1. The number of thiophene rings is 1. The van der Waals surface area contributed by atoms with Gasteiger partial charge in [0.05, 0.1) is 10.9 Å². The summed E-state index contributed by atoms with van der Waals surface area (Å²) in [6.07, 6.45) is 5.14. The Bertz CT molecular complexity index is 838. The van der Waals surface area contributed by atoms with Gasteiger partial charge in [0.25, 0.3) is 0 Å². The van der Waals surface area contributed by atoms with Crippen molar-refractivity contribution in [2.24, 2.45) is 0 Å². The normalized spacial score (nSPS) is 21.9. The number of hydrogen-bond donors (Lipinski definition) is 0. The van der Waals surface area contributed by atoms with Crippen LogP contribution in [0, 0.1) is 0 Å². The Hall–Kier alpha value is -1.43. The number of hydrogen-bond acceptors (Lipinski definition) is 3. The van der Waals surface area contributed by atoms with Gasteiger partial charge in [-0.25, -0.2) is 8.42 Å². The maximum Gasteiger partial charge on any atom is 0.239 e. The largest absolute Gasteiger partial charge is 0.239 e. The smallest absolute Gasteiger partial charge is 0.207 e. The summed E-state index contributed by atoms with van der Waals surface area (Å²) in [5.41, 5.74) is 2.28. The molecule has 2 heterocycles. The molecule has 23 heavy (non-hydrogen) atoms. The molecule has 1 atom stereocenters. The van der Waals surface area contributed by atoms with Crippen LogP contribution < -0.4 is 0 Å². The second-order valence-corrected chi connectivity index (χ2v) is 9.02.